The first-order chi connectivity index (χ1) is 8.75. The molecule has 0 N–H and O–H groups in total. The summed E-state index contributed by atoms with van der Waals surface area (Å²) in [4.78, 5) is 22.3. The molecule has 3 rings (SSSR count). The van der Waals surface area contributed by atoms with Crippen LogP contribution in [0.3, 0.4) is 0 Å². The highest BCUT2D eigenvalue weighted by atomic mass is 16.5. The van der Waals surface area contributed by atoms with Gasteiger partial charge in [0.1, 0.15) is 12.1 Å². The van der Waals surface area contributed by atoms with E-state index in [9.17, 15) is 4.79 Å². The minimum Gasteiger partial charge on any atom is -0.376 e. The molecule has 1 amide bonds. The van der Waals surface area contributed by atoms with E-state index in [1.54, 1.807) is 4.90 Å². The summed E-state index contributed by atoms with van der Waals surface area (Å²) in [5.74, 6) is 0.936. The fraction of sp³-hybridized carbons (Fsp3) is 0.615. The van der Waals surface area contributed by atoms with Crippen LogP contribution in [0.2, 0.25) is 0 Å². The predicted octanol–water partition coefficient (Wildman–Crippen LogP) is 1.24. The lowest BCUT2D eigenvalue weighted by atomic mass is 10.0. The molecule has 0 aromatic carbocycles. The third-order valence-corrected chi connectivity index (χ3v) is 3.69. The normalized spacial score (nSPS) is 23.3. The molecule has 1 unspecified atom stereocenters. The number of rotatable bonds is 2. The summed E-state index contributed by atoms with van der Waals surface area (Å²) in [7, 11) is 0. The number of ether oxygens (including phenoxy) is 1. The van der Waals surface area contributed by atoms with Gasteiger partial charge in [0.15, 0.2) is 0 Å². The second-order valence-electron chi connectivity index (χ2n) is 4.90. The molecule has 2 aliphatic heterocycles. The number of hydrogen-bond donors (Lipinski definition) is 0. The average molecular weight is 247 g/mol. The molecule has 18 heavy (non-hydrogen) atoms. The van der Waals surface area contributed by atoms with E-state index in [4.69, 9.17) is 4.74 Å². The molecule has 1 saturated heterocycles. The molecular weight excluding hydrogens is 230 g/mol. The van der Waals surface area contributed by atoms with Gasteiger partial charge >= 0.3 is 0 Å². The molecule has 1 aromatic heterocycles. The third-order valence-electron chi connectivity index (χ3n) is 3.69. The molecule has 0 saturated carbocycles. The molecule has 0 bridgehead atoms. The standard InChI is InChI=1S/C13H17N3O2/c1-9-11-4-5-12(17)16(13(11)15-8-14-9)7-10-3-2-6-18-10/h8,10H,2-7H2,1H3. The van der Waals surface area contributed by atoms with Gasteiger partial charge < -0.3 is 4.74 Å². The Balaban J connectivity index is 1.89. The van der Waals surface area contributed by atoms with Crippen molar-refractivity contribution < 1.29 is 9.53 Å². The van der Waals surface area contributed by atoms with Gasteiger partial charge in [-0.05, 0) is 26.2 Å². The van der Waals surface area contributed by atoms with Crippen LogP contribution in [0.15, 0.2) is 6.33 Å². The number of carbonyl (C=O) groups excluding carboxylic acids is 1. The van der Waals surface area contributed by atoms with E-state index in [-0.39, 0.29) is 12.0 Å². The van der Waals surface area contributed by atoms with E-state index >= 15 is 0 Å². The second-order valence-corrected chi connectivity index (χ2v) is 4.90. The van der Waals surface area contributed by atoms with E-state index < -0.39 is 0 Å². The van der Waals surface area contributed by atoms with Crippen LogP contribution < -0.4 is 4.90 Å². The molecule has 3 heterocycles. The Kier molecular flexibility index (Phi) is 2.99. The van der Waals surface area contributed by atoms with Gasteiger partial charge in [-0.25, -0.2) is 9.97 Å². The van der Waals surface area contributed by atoms with Gasteiger partial charge in [0.2, 0.25) is 5.91 Å². The molecule has 96 valence electrons. The topological polar surface area (TPSA) is 55.3 Å². The molecule has 1 aromatic rings. The zero-order chi connectivity index (χ0) is 12.5. The lowest BCUT2D eigenvalue weighted by Gasteiger charge is -2.30. The first-order valence-corrected chi connectivity index (χ1v) is 6.48. The fourth-order valence-corrected chi connectivity index (χ4v) is 2.68. The van der Waals surface area contributed by atoms with Crippen LogP contribution in [0.25, 0.3) is 0 Å². The number of aromatic nitrogens is 2. The molecule has 1 fully saturated rings. The van der Waals surface area contributed by atoms with E-state index in [1.807, 2.05) is 6.92 Å². The van der Waals surface area contributed by atoms with E-state index in [2.05, 4.69) is 9.97 Å². The van der Waals surface area contributed by atoms with Crippen LogP contribution in [0.5, 0.6) is 0 Å². The Morgan fingerprint density at radius 2 is 2.33 bits per heavy atom. The predicted molar refractivity (Wildman–Crippen MR) is 66.4 cm³/mol. The second kappa shape index (κ2) is 4.65. The lowest BCUT2D eigenvalue weighted by Crippen LogP contribution is -2.41. The van der Waals surface area contributed by atoms with Gasteiger partial charge in [-0.15, -0.1) is 0 Å². The largest absolute Gasteiger partial charge is 0.376 e. The summed E-state index contributed by atoms with van der Waals surface area (Å²) in [6.07, 6.45) is 5.12. The Hall–Kier alpha value is -1.49. The molecule has 2 aliphatic rings. The van der Waals surface area contributed by atoms with Gasteiger partial charge in [-0.2, -0.15) is 0 Å². The summed E-state index contributed by atoms with van der Waals surface area (Å²) in [5.41, 5.74) is 2.08. The van der Waals surface area contributed by atoms with Crippen LogP contribution in [0.4, 0.5) is 5.82 Å². The van der Waals surface area contributed by atoms with Crippen LogP contribution >= 0.6 is 0 Å². The molecule has 5 heteroatoms. The van der Waals surface area contributed by atoms with Crippen molar-refractivity contribution in [1.82, 2.24) is 9.97 Å². The molecular formula is C13H17N3O2. The Morgan fingerprint density at radius 3 is 3.11 bits per heavy atom. The molecule has 0 radical (unpaired) electrons. The first kappa shape index (κ1) is 11.6. The number of nitrogens with zero attached hydrogens (tertiary/aromatic N) is 3. The maximum absolute atomic E-state index is 12.1. The summed E-state index contributed by atoms with van der Waals surface area (Å²) < 4.78 is 5.61. The highest BCUT2D eigenvalue weighted by Gasteiger charge is 2.30. The van der Waals surface area contributed by atoms with Crippen LogP contribution in [-0.2, 0) is 16.0 Å². The summed E-state index contributed by atoms with van der Waals surface area (Å²) in [5, 5.41) is 0. The Morgan fingerprint density at radius 1 is 1.44 bits per heavy atom. The molecule has 5 nitrogen and oxygen atoms in total. The zero-order valence-corrected chi connectivity index (χ0v) is 10.6. The smallest absolute Gasteiger partial charge is 0.228 e. The van der Waals surface area contributed by atoms with Crippen molar-refractivity contribution in [1.29, 1.82) is 0 Å². The highest BCUT2D eigenvalue weighted by Crippen LogP contribution is 2.28. The maximum Gasteiger partial charge on any atom is 0.228 e. The number of fused-ring (bicyclic) bond motifs is 1. The van der Waals surface area contributed by atoms with Crippen molar-refractivity contribution in [3.05, 3.63) is 17.6 Å². The summed E-state index contributed by atoms with van der Waals surface area (Å²) in [6, 6.07) is 0. The SMILES string of the molecule is Cc1ncnc2c1CCC(=O)N2CC1CCCO1. The number of aryl methyl sites for hydroxylation is 1. The van der Waals surface area contributed by atoms with Crippen LogP contribution in [0, 0.1) is 6.92 Å². The number of amides is 1. The molecule has 1 atom stereocenters. The van der Waals surface area contributed by atoms with E-state index in [0.717, 1.165) is 42.9 Å². The van der Waals surface area contributed by atoms with Gasteiger partial charge in [0, 0.05) is 24.3 Å². The van der Waals surface area contributed by atoms with E-state index in [1.165, 1.54) is 6.33 Å². The Bertz CT molecular complexity index is 469. The van der Waals surface area contributed by atoms with Crippen molar-refractivity contribution in [3.63, 3.8) is 0 Å². The third kappa shape index (κ3) is 1.99. The number of hydrogen-bond acceptors (Lipinski definition) is 4. The van der Waals surface area contributed by atoms with Crippen molar-refractivity contribution in [2.75, 3.05) is 18.1 Å². The quantitative estimate of drug-likeness (QED) is 0.789. The van der Waals surface area contributed by atoms with Crippen molar-refractivity contribution in [3.8, 4) is 0 Å². The molecule has 0 aliphatic carbocycles. The Labute approximate surface area is 106 Å². The van der Waals surface area contributed by atoms with Crippen molar-refractivity contribution >= 4 is 11.7 Å². The minimum atomic E-state index is 0.149. The average Bonchev–Trinajstić information content (AvgIpc) is 2.86. The monoisotopic (exact) mass is 247 g/mol. The van der Waals surface area contributed by atoms with E-state index in [0.29, 0.717) is 13.0 Å². The molecule has 0 spiro atoms. The fourth-order valence-electron chi connectivity index (χ4n) is 2.68. The van der Waals surface area contributed by atoms with Gasteiger partial charge in [-0.3, -0.25) is 9.69 Å². The van der Waals surface area contributed by atoms with Crippen LogP contribution in [-0.4, -0.2) is 35.1 Å². The lowest BCUT2D eigenvalue weighted by molar-refractivity contribution is -0.119. The summed E-state index contributed by atoms with van der Waals surface area (Å²) in [6.45, 7) is 3.41. The maximum atomic E-state index is 12.1. The van der Waals surface area contributed by atoms with Crippen molar-refractivity contribution in [2.24, 2.45) is 0 Å². The van der Waals surface area contributed by atoms with Gasteiger partial charge in [-0.1, -0.05) is 0 Å². The minimum absolute atomic E-state index is 0.149. The first-order valence-electron chi connectivity index (χ1n) is 6.48. The van der Waals surface area contributed by atoms with Gasteiger partial charge in [0.25, 0.3) is 0 Å². The number of anilines is 1. The van der Waals surface area contributed by atoms with Crippen molar-refractivity contribution in [2.45, 2.75) is 38.7 Å². The van der Waals surface area contributed by atoms with Gasteiger partial charge in [0.05, 0.1) is 12.6 Å². The van der Waals surface area contributed by atoms with Crippen LogP contribution in [0.1, 0.15) is 30.5 Å². The number of carbonyl (C=O) groups is 1. The summed E-state index contributed by atoms with van der Waals surface area (Å²) >= 11 is 0. The zero-order valence-electron chi connectivity index (χ0n) is 10.6. The highest BCUT2D eigenvalue weighted by molar-refractivity contribution is 5.95.